The number of nitrogens with one attached hydrogen (secondary N) is 1. The Morgan fingerprint density at radius 2 is 2.13 bits per heavy atom. The van der Waals surface area contributed by atoms with E-state index in [1.54, 1.807) is 11.1 Å². The summed E-state index contributed by atoms with van der Waals surface area (Å²) in [6.45, 7) is 5.33. The number of nitrogens with zero attached hydrogens (tertiary/aromatic N) is 4. The van der Waals surface area contributed by atoms with Crippen molar-refractivity contribution in [1.29, 1.82) is 0 Å². The molecule has 0 radical (unpaired) electrons. The molecule has 1 aliphatic carbocycles. The molecule has 1 unspecified atom stereocenters. The summed E-state index contributed by atoms with van der Waals surface area (Å²) in [4.78, 5) is 25.0. The largest absolute Gasteiger partial charge is 0.331 e. The van der Waals surface area contributed by atoms with Gasteiger partial charge in [0.15, 0.2) is 0 Å². The molecule has 0 spiro atoms. The molecule has 1 aromatic heterocycles. The molecule has 2 fully saturated rings. The Kier molecular flexibility index (Phi) is 4.80. The van der Waals surface area contributed by atoms with Gasteiger partial charge in [-0.15, -0.1) is 0 Å². The lowest BCUT2D eigenvalue weighted by atomic mass is 10.1. The third-order valence-corrected chi connectivity index (χ3v) is 5.13. The van der Waals surface area contributed by atoms with Gasteiger partial charge in [-0.2, -0.15) is 0 Å². The van der Waals surface area contributed by atoms with Crippen LogP contribution in [0.3, 0.4) is 0 Å². The Morgan fingerprint density at radius 3 is 2.74 bits per heavy atom. The van der Waals surface area contributed by atoms with Crippen molar-refractivity contribution >= 4 is 6.03 Å². The first kappa shape index (κ1) is 16.2. The number of piperidine rings is 1. The van der Waals surface area contributed by atoms with Crippen LogP contribution in [0.2, 0.25) is 0 Å². The van der Waals surface area contributed by atoms with Crippen LogP contribution in [0.15, 0.2) is 18.6 Å². The van der Waals surface area contributed by atoms with Gasteiger partial charge in [0.1, 0.15) is 6.33 Å². The van der Waals surface area contributed by atoms with Gasteiger partial charge in [-0.05, 0) is 51.8 Å². The maximum atomic E-state index is 12.6. The van der Waals surface area contributed by atoms with E-state index < -0.39 is 0 Å². The molecule has 0 bridgehead atoms. The second kappa shape index (κ2) is 6.83. The predicted molar refractivity (Wildman–Crippen MR) is 89.0 cm³/mol. The van der Waals surface area contributed by atoms with Gasteiger partial charge in [-0.3, -0.25) is 0 Å². The molecule has 2 amide bonds. The van der Waals surface area contributed by atoms with Crippen molar-refractivity contribution in [3.05, 3.63) is 24.3 Å². The summed E-state index contributed by atoms with van der Waals surface area (Å²) < 4.78 is 0. The van der Waals surface area contributed by atoms with E-state index in [1.807, 2.05) is 20.0 Å². The van der Waals surface area contributed by atoms with Gasteiger partial charge in [0.25, 0.3) is 0 Å². The van der Waals surface area contributed by atoms with Crippen molar-refractivity contribution < 1.29 is 4.79 Å². The van der Waals surface area contributed by atoms with Crippen LogP contribution in [-0.4, -0.2) is 58.0 Å². The summed E-state index contributed by atoms with van der Waals surface area (Å²) >= 11 is 0. The summed E-state index contributed by atoms with van der Waals surface area (Å²) in [6, 6.07) is 1.78. The first-order valence-electron chi connectivity index (χ1n) is 8.63. The number of rotatable bonds is 5. The van der Waals surface area contributed by atoms with Crippen LogP contribution in [0.5, 0.6) is 0 Å². The van der Waals surface area contributed by atoms with Gasteiger partial charge in [-0.1, -0.05) is 6.42 Å². The SMILES string of the molecule is CC(c1ccncn1)N(C)C(=O)NC1(CN2CCCCC2)CC1. The van der Waals surface area contributed by atoms with Gasteiger partial charge in [-0.25, -0.2) is 14.8 Å². The van der Waals surface area contributed by atoms with E-state index in [4.69, 9.17) is 0 Å². The van der Waals surface area contributed by atoms with Crippen molar-refractivity contribution in [2.75, 3.05) is 26.7 Å². The normalized spacial score (nSPS) is 21.5. The van der Waals surface area contributed by atoms with Crippen LogP contribution in [0.25, 0.3) is 0 Å². The number of aromatic nitrogens is 2. The van der Waals surface area contributed by atoms with Crippen LogP contribution in [0, 0.1) is 0 Å². The molecule has 1 saturated carbocycles. The molecule has 3 rings (SSSR count). The quantitative estimate of drug-likeness (QED) is 0.904. The molecule has 1 saturated heterocycles. The van der Waals surface area contributed by atoms with Crippen molar-refractivity contribution in [2.45, 2.75) is 50.6 Å². The zero-order chi connectivity index (χ0) is 16.3. The minimum atomic E-state index is -0.0659. The molecule has 126 valence electrons. The Morgan fingerprint density at radius 1 is 1.39 bits per heavy atom. The van der Waals surface area contributed by atoms with Gasteiger partial charge in [0.2, 0.25) is 0 Å². The Labute approximate surface area is 138 Å². The molecule has 6 nitrogen and oxygen atoms in total. The minimum absolute atomic E-state index is 0.00588. The molecule has 1 aromatic rings. The van der Waals surface area contributed by atoms with Crippen molar-refractivity contribution in [1.82, 2.24) is 25.1 Å². The molecular weight excluding hydrogens is 290 g/mol. The van der Waals surface area contributed by atoms with Crippen LogP contribution in [0.4, 0.5) is 4.79 Å². The second-order valence-corrected chi connectivity index (χ2v) is 6.97. The summed E-state index contributed by atoms with van der Waals surface area (Å²) in [5.41, 5.74) is 0.854. The highest BCUT2D eigenvalue weighted by molar-refractivity contribution is 5.75. The van der Waals surface area contributed by atoms with Gasteiger partial charge < -0.3 is 15.1 Å². The standard InChI is InChI=1S/C17H27N5O/c1-14(15-6-9-18-13-19-15)21(2)16(23)20-17(7-8-17)12-22-10-4-3-5-11-22/h6,9,13-14H,3-5,7-8,10-12H2,1-2H3,(H,20,23). The van der Waals surface area contributed by atoms with E-state index in [9.17, 15) is 4.79 Å². The Bertz CT molecular complexity index is 525. The second-order valence-electron chi connectivity index (χ2n) is 6.97. The topological polar surface area (TPSA) is 61.4 Å². The lowest BCUT2D eigenvalue weighted by Gasteiger charge is -2.33. The van der Waals surface area contributed by atoms with E-state index in [2.05, 4.69) is 20.2 Å². The summed E-state index contributed by atoms with van der Waals surface area (Å²) in [6.07, 6.45) is 9.33. The van der Waals surface area contributed by atoms with E-state index in [-0.39, 0.29) is 17.6 Å². The maximum absolute atomic E-state index is 12.6. The zero-order valence-electron chi connectivity index (χ0n) is 14.2. The van der Waals surface area contributed by atoms with Crippen LogP contribution < -0.4 is 5.32 Å². The lowest BCUT2D eigenvalue weighted by Crippen LogP contribution is -2.51. The monoisotopic (exact) mass is 317 g/mol. The average Bonchev–Trinajstić information content (AvgIpc) is 3.34. The molecular formula is C17H27N5O. The predicted octanol–water partition coefficient (Wildman–Crippen LogP) is 2.20. The highest BCUT2D eigenvalue weighted by atomic mass is 16.2. The molecule has 6 heteroatoms. The summed E-state index contributed by atoms with van der Waals surface area (Å²) in [7, 11) is 1.83. The number of carbonyl (C=O) groups is 1. The summed E-state index contributed by atoms with van der Waals surface area (Å²) in [5, 5.41) is 3.27. The third kappa shape index (κ3) is 3.99. The van der Waals surface area contributed by atoms with Crippen LogP contribution in [0.1, 0.15) is 50.8 Å². The average molecular weight is 317 g/mol. The number of likely N-dealkylation sites (tertiary alicyclic amines) is 1. The fourth-order valence-electron chi connectivity index (χ4n) is 3.26. The zero-order valence-corrected chi connectivity index (χ0v) is 14.2. The van der Waals surface area contributed by atoms with Crippen molar-refractivity contribution in [2.24, 2.45) is 0 Å². The van der Waals surface area contributed by atoms with E-state index in [0.717, 1.165) is 25.1 Å². The van der Waals surface area contributed by atoms with Gasteiger partial charge >= 0.3 is 6.03 Å². The van der Waals surface area contributed by atoms with Crippen molar-refractivity contribution in [3.63, 3.8) is 0 Å². The number of urea groups is 1. The number of carbonyl (C=O) groups excluding carboxylic acids is 1. The van der Waals surface area contributed by atoms with Crippen LogP contribution in [-0.2, 0) is 0 Å². The molecule has 2 aliphatic rings. The smallest absolute Gasteiger partial charge is 0.318 e. The summed E-state index contributed by atoms with van der Waals surface area (Å²) in [5.74, 6) is 0. The number of hydrogen-bond acceptors (Lipinski definition) is 4. The molecule has 1 aliphatic heterocycles. The molecule has 1 atom stereocenters. The fraction of sp³-hybridized carbons (Fsp3) is 0.706. The highest BCUT2D eigenvalue weighted by Crippen LogP contribution is 2.37. The maximum Gasteiger partial charge on any atom is 0.318 e. The van der Waals surface area contributed by atoms with Crippen LogP contribution >= 0.6 is 0 Å². The Hall–Kier alpha value is -1.69. The molecule has 23 heavy (non-hydrogen) atoms. The molecule has 2 heterocycles. The number of amides is 2. The van der Waals surface area contributed by atoms with E-state index in [1.165, 1.54) is 38.7 Å². The highest BCUT2D eigenvalue weighted by Gasteiger charge is 2.46. The Balaban J connectivity index is 1.55. The molecule has 1 N–H and O–H groups in total. The first-order chi connectivity index (χ1) is 11.1. The lowest BCUT2D eigenvalue weighted by molar-refractivity contribution is 0.170. The first-order valence-corrected chi connectivity index (χ1v) is 8.63. The third-order valence-electron chi connectivity index (χ3n) is 5.13. The minimum Gasteiger partial charge on any atom is -0.331 e. The fourth-order valence-corrected chi connectivity index (χ4v) is 3.26. The van der Waals surface area contributed by atoms with E-state index >= 15 is 0 Å². The van der Waals surface area contributed by atoms with E-state index in [0.29, 0.717) is 0 Å². The number of hydrogen-bond donors (Lipinski definition) is 1. The van der Waals surface area contributed by atoms with Crippen molar-refractivity contribution in [3.8, 4) is 0 Å². The van der Waals surface area contributed by atoms with Gasteiger partial charge in [0.05, 0.1) is 17.3 Å². The molecule has 0 aromatic carbocycles. The van der Waals surface area contributed by atoms with Gasteiger partial charge in [0, 0.05) is 19.8 Å².